The number of fused-ring (bicyclic) bond motifs is 1. The minimum Gasteiger partial charge on any atom is -0.348 e. The zero-order valence-electron chi connectivity index (χ0n) is 19.3. The number of benzene rings is 3. The molecule has 172 valence electrons. The van der Waals surface area contributed by atoms with Crippen molar-refractivity contribution in [1.29, 1.82) is 0 Å². The molecule has 5 nitrogen and oxygen atoms in total. The fraction of sp³-hybridized carbons (Fsp3) is 0.296. The summed E-state index contributed by atoms with van der Waals surface area (Å²) >= 11 is 0. The van der Waals surface area contributed by atoms with E-state index < -0.39 is 10.0 Å². The Hall–Kier alpha value is -3.12. The van der Waals surface area contributed by atoms with Crippen LogP contribution in [0.25, 0.3) is 0 Å². The number of nitrogens with one attached hydrogen (secondary N) is 1. The van der Waals surface area contributed by atoms with Crippen molar-refractivity contribution >= 4 is 21.6 Å². The number of carbonyl (C=O) groups is 1. The normalized spacial score (nSPS) is 13.9. The molecule has 1 aliphatic rings. The van der Waals surface area contributed by atoms with Crippen LogP contribution in [0.5, 0.6) is 0 Å². The fourth-order valence-electron chi connectivity index (χ4n) is 4.28. The molecule has 0 unspecified atom stereocenters. The van der Waals surface area contributed by atoms with Crippen LogP contribution in [0.1, 0.15) is 47.2 Å². The van der Waals surface area contributed by atoms with Crippen LogP contribution in [0.3, 0.4) is 0 Å². The Kier molecular flexibility index (Phi) is 6.56. The summed E-state index contributed by atoms with van der Waals surface area (Å²) in [4.78, 5) is 13.2. The van der Waals surface area contributed by atoms with Gasteiger partial charge in [0.25, 0.3) is 10.0 Å². The molecule has 3 aromatic carbocycles. The molecular formula is C27H30N2O3S. The van der Waals surface area contributed by atoms with E-state index in [2.05, 4.69) is 23.5 Å². The summed E-state index contributed by atoms with van der Waals surface area (Å²) in [6.07, 6.45) is 3.35. The Labute approximate surface area is 196 Å². The van der Waals surface area contributed by atoms with Crippen LogP contribution in [0.4, 0.5) is 5.69 Å². The number of hydrogen-bond donors (Lipinski definition) is 1. The first-order chi connectivity index (χ1) is 15.8. The van der Waals surface area contributed by atoms with Crippen molar-refractivity contribution < 1.29 is 13.2 Å². The predicted molar refractivity (Wildman–Crippen MR) is 132 cm³/mol. The van der Waals surface area contributed by atoms with E-state index in [0.717, 1.165) is 29.5 Å². The molecule has 1 N–H and O–H groups in total. The summed E-state index contributed by atoms with van der Waals surface area (Å²) in [5.74, 6) is -0.347. The molecule has 0 aromatic heterocycles. The summed E-state index contributed by atoms with van der Waals surface area (Å²) in [5, 5.41) is 2.99. The third-order valence-corrected chi connectivity index (χ3v) is 8.19. The van der Waals surface area contributed by atoms with Gasteiger partial charge in [-0.1, -0.05) is 42.5 Å². The number of carbonyl (C=O) groups excluding carboxylic acids is 1. The Morgan fingerprint density at radius 1 is 0.939 bits per heavy atom. The van der Waals surface area contributed by atoms with Crippen LogP contribution >= 0.6 is 0 Å². The van der Waals surface area contributed by atoms with Crippen molar-refractivity contribution in [3.8, 4) is 0 Å². The number of amides is 1. The lowest BCUT2D eigenvalue weighted by Gasteiger charge is -2.26. The summed E-state index contributed by atoms with van der Waals surface area (Å²) in [6, 6.07) is 19.8. The van der Waals surface area contributed by atoms with Gasteiger partial charge in [-0.3, -0.25) is 9.10 Å². The SMILES string of the molecule is Cc1ccc(N(CC(=O)N[C@@H](C)c2ccc3c(c2)CCC3)S(=O)(=O)c2ccccc2)cc1C. The second-order valence-corrected chi connectivity index (χ2v) is 10.6. The Morgan fingerprint density at radius 3 is 2.39 bits per heavy atom. The van der Waals surface area contributed by atoms with Gasteiger partial charge in [-0.05, 0) is 92.1 Å². The number of nitrogens with zero attached hydrogens (tertiary/aromatic N) is 1. The first-order valence-electron chi connectivity index (χ1n) is 11.3. The number of rotatable bonds is 7. The van der Waals surface area contributed by atoms with Gasteiger partial charge >= 0.3 is 0 Å². The molecule has 3 aromatic rings. The summed E-state index contributed by atoms with van der Waals surface area (Å²) < 4.78 is 28.2. The van der Waals surface area contributed by atoms with Crippen molar-refractivity contribution in [3.63, 3.8) is 0 Å². The lowest BCUT2D eigenvalue weighted by molar-refractivity contribution is -0.120. The molecule has 6 heteroatoms. The molecule has 0 fully saturated rings. The van der Waals surface area contributed by atoms with E-state index in [4.69, 9.17) is 0 Å². The number of hydrogen-bond acceptors (Lipinski definition) is 3. The summed E-state index contributed by atoms with van der Waals surface area (Å²) in [5.41, 5.74) is 6.26. The van der Waals surface area contributed by atoms with E-state index in [0.29, 0.717) is 5.69 Å². The van der Waals surface area contributed by atoms with Crippen LogP contribution in [0.15, 0.2) is 71.6 Å². The smallest absolute Gasteiger partial charge is 0.264 e. The van der Waals surface area contributed by atoms with Gasteiger partial charge in [0, 0.05) is 0 Å². The molecule has 0 heterocycles. The average Bonchev–Trinajstić information content (AvgIpc) is 3.28. The minimum atomic E-state index is -3.91. The van der Waals surface area contributed by atoms with E-state index in [9.17, 15) is 13.2 Å². The van der Waals surface area contributed by atoms with Crippen LogP contribution in [0, 0.1) is 13.8 Å². The fourth-order valence-corrected chi connectivity index (χ4v) is 5.71. The van der Waals surface area contributed by atoms with E-state index in [1.807, 2.05) is 32.9 Å². The van der Waals surface area contributed by atoms with Gasteiger partial charge in [-0.25, -0.2) is 8.42 Å². The van der Waals surface area contributed by atoms with Crippen molar-refractivity contribution in [2.24, 2.45) is 0 Å². The van der Waals surface area contributed by atoms with Gasteiger partial charge < -0.3 is 5.32 Å². The third kappa shape index (κ3) is 4.96. The maximum atomic E-state index is 13.5. The van der Waals surface area contributed by atoms with Gasteiger partial charge in [-0.2, -0.15) is 0 Å². The van der Waals surface area contributed by atoms with Crippen LogP contribution in [-0.2, 0) is 27.7 Å². The van der Waals surface area contributed by atoms with E-state index in [1.165, 1.54) is 21.9 Å². The van der Waals surface area contributed by atoms with Crippen molar-refractivity contribution in [2.45, 2.75) is 51.0 Å². The minimum absolute atomic E-state index is 0.155. The van der Waals surface area contributed by atoms with E-state index >= 15 is 0 Å². The molecule has 0 saturated carbocycles. The Morgan fingerprint density at radius 2 is 1.67 bits per heavy atom. The number of sulfonamides is 1. The highest BCUT2D eigenvalue weighted by molar-refractivity contribution is 7.92. The molecule has 4 rings (SSSR count). The lowest BCUT2D eigenvalue weighted by Crippen LogP contribution is -2.41. The Bertz CT molecular complexity index is 1270. The van der Waals surface area contributed by atoms with Crippen LogP contribution in [0.2, 0.25) is 0 Å². The van der Waals surface area contributed by atoms with Crippen molar-refractivity contribution in [3.05, 3.63) is 94.5 Å². The molecule has 1 amide bonds. The van der Waals surface area contributed by atoms with Crippen LogP contribution in [-0.4, -0.2) is 20.9 Å². The first-order valence-corrected chi connectivity index (χ1v) is 12.8. The van der Waals surface area contributed by atoms with E-state index in [-0.39, 0.29) is 23.4 Å². The topological polar surface area (TPSA) is 66.5 Å². The monoisotopic (exact) mass is 462 g/mol. The summed E-state index contributed by atoms with van der Waals surface area (Å²) in [7, 11) is -3.91. The molecule has 33 heavy (non-hydrogen) atoms. The van der Waals surface area contributed by atoms with Gasteiger partial charge in [0.2, 0.25) is 5.91 Å². The number of anilines is 1. The zero-order chi connectivity index (χ0) is 23.6. The van der Waals surface area contributed by atoms with Crippen molar-refractivity contribution in [2.75, 3.05) is 10.8 Å². The average molecular weight is 463 g/mol. The van der Waals surface area contributed by atoms with Gasteiger partial charge in [-0.15, -0.1) is 0 Å². The second kappa shape index (κ2) is 9.40. The summed E-state index contributed by atoms with van der Waals surface area (Å²) in [6.45, 7) is 5.54. The Balaban J connectivity index is 1.59. The predicted octanol–water partition coefficient (Wildman–Crippen LogP) is 4.86. The van der Waals surface area contributed by atoms with Gasteiger partial charge in [0.05, 0.1) is 16.6 Å². The third-order valence-electron chi connectivity index (χ3n) is 6.40. The number of aryl methyl sites for hydroxylation is 4. The molecule has 1 aliphatic carbocycles. The lowest BCUT2D eigenvalue weighted by atomic mass is 10.0. The maximum absolute atomic E-state index is 13.5. The zero-order valence-corrected chi connectivity index (χ0v) is 20.2. The van der Waals surface area contributed by atoms with Crippen molar-refractivity contribution in [1.82, 2.24) is 5.32 Å². The maximum Gasteiger partial charge on any atom is 0.264 e. The largest absolute Gasteiger partial charge is 0.348 e. The second-order valence-electron chi connectivity index (χ2n) is 8.76. The highest BCUT2D eigenvalue weighted by Crippen LogP contribution is 2.27. The molecule has 1 atom stereocenters. The molecule has 0 spiro atoms. The van der Waals surface area contributed by atoms with E-state index in [1.54, 1.807) is 36.4 Å². The molecule has 0 aliphatic heterocycles. The van der Waals surface area contributed by atoms with Crippen LogP contribution < -0.4 is 9.62 Å². The first kappa shape index (κ1) is 23.1. The standard InChI is InChI=1S/C27H30N2O3S/c1-19-12-15-25(16-20(19)2)29(33(31,32)26-10-5-4-6-11-26)18-27(30)28-21(3)23-14-13-22-8-7-9-24(22)17-23/h4-6,10-17,21H,7-9,18H2,1-3H3,(H,28,30)/t21-/m0/s1. The quantitative estimate of drug-likeness (QED) is 0.545. The molecule has 0 saturated heterocycles. The molecule has 0 bridgehead atoms. The molecule has 0 radical (unpaired) electrons. The van der Waals surface area contributed by atoms with Gasteiger partial charge in [0.15, 0.2) is 0 Å². The highest BCUT2D eigenvalue weighted by atomic mass is 32.2. The molecular weight excluding hydrogens is 432 g/mol. The highest BCUT2D eigenvalue weighted by Gasteiger charge is 2.28. The van der Waals surface area contributed by atoms with Gasteiger partial charge in [0.1, 0.15) is 6.54 Å².